The Hall–Kier alpha value is -2.61. The van der Waals surface area contributed by atoms with Gasteiger partial charge in [-0.15, -0.1) is 0 Å². The van der Waals surface area contributed by atoms with Crippen LogP contribution in [-0.4, -0.2) is 34.3 Å². The Morgan fingerprint density at radius 2 is 2.19 bits per heavy atom. The van der Waals surface area contributed by atoms with Crippen molar-refractivity contribution in [3.8, 4) is 5.75 Å². The van der Waals surface area contributed by atoms with Crippen molar-refractivity contribution < 1.29 is 14.5 Å². The van der Waals surface area contributed by atoms with Crippen molar-refractivity contribution in [2.75, 3.05) is 13.2 Å². The van der Waals surface area contributed by atoms with Crippen LogP contribution in [-0.2, 0) is 6.54 Å². The van der Waals surface area contributed by atoms with E-state index in [1.165, 1.54) is 0 Å². The summed E-state index contributed by atoms with van der Waals surface area (Å²) < 4.78 is 10.5. The van der Waals surface area contributed by atoms with Crippen LogP contribution < -0.4 is 15.8 Å². The fourth-order valence-electron chi connectivity index (χ4n) is 1.63. The molecule has 2 aromatic rings. The highest BCUT2D eigenvalue weighted by Crippen LogP contribution is 2.11. The lowest BCUT2D eigenvalue weighted by molar-refractivity contribution is 0.305. The molecule has 1 aromatic carbocycles. The van der Waals surface area contributed by atoms with E-state index < -0.39 is 0 Å². The third kappa shape index (κ3) is 4.46. The molecule has 8 heteroatoms. The molecule has 0 saturated carbocycles. The smallest absolute Gasteiger partial charge is 0.240 e. The molecule has 2 rings (SSSR count). The summed E-state index contributed by atoms with van der Waals surface area (Å²) >= 11 is 0. The first-order valence-corrected chi connectivity index (χ1v) is 6.39. The summed E-state index contributed by atoms with van der Waals surface area (Å²) in [4.78, 5) is 4.08. The first-order valence-electron chi connectivity index (χ1n) is 6.39. The summed E-state index contributed by atoms with van der Waals surface area (Å²) in [6.45, 7) is 3.42. The van der Waals surface area contributed by atoms with E-state index in [-0.39, 0.29) is 5.84 Å². The van der Waals surface area contributed by atoms with E-state index >= 15 is 0 Å². The van der Waals surface area contributed by atoms with Gasteiger partial charge in [0.15, 0.2) is 11.7 Å². The van der Waals surface area contributed by atoms with Crippen LogP contribution in [0.1, 0.15) is 17.3 Å². The summed E-state index contributed by atoms with van der Waals surface area (Å²) in [7, 11) is 0. The van der Waals surface area contributed by atoms with Gasteiger partial charge >= 0.3 is 0 Å². The first-order chi connectivity index (χ1) is 10.2. The molecule has 0 bridgehead atoms. The highest BCUT2D eigenvalue weighted by molar-refractivity contribution is 5.97. The lowest BCUT2D eigenvalue weighted by Crippen LogP contribution is -2.20. The number of rotatable bonds is 7. The minimum atomic E-state index is 0.0677. The zero-order valence-electron chi connectivity index (χ0n) is 11.6. The molecule has 0 radical (unpaired) electrons. The number of benzene rings is 1. The summed E-state index contributed by atoms with van der Waals surface area (Å²) in [5, 5.41) is 18.3. The number of hydrogen-bond donors (Lipinski definition) is 3. The summed E-state index contributed by atoms with van der Waals surface area (Å²) in [5.41, 5.74) is 6.10. The Morgan fingerprint density at radius 3 is 2.81 bits per heavy atom. The zero-order chi connectivity index (χ0) is 15.1. The third-order valence-corrected chi connectivity index (χ3v) is 2.65. The molecule has 4 N–H and O–H groups in total. The summed E-state index contributed by atoms with van der Waals surface area (Å²) in [6.07, 6.45) is 0. The van der Waals surface area contributed by atoms with E-state index in [9.17, 15) is 0 Å². The predicted molar refractivity (Wildman–Crippen MR) is 75.2 cm³/mol. The second-order valence-corrected chi connectivity index (χ2v) is 4.27. The van der Waals surface area contributed by atoms with Crippen molar-refractivity contribution in [3.05, 3.63) is 41.5 Å². The van der Waals surface area contributed by atoms with Gasteiger partial charge < -0.3 is 25.5 Å². The maximum atomic E-state index is 8.56. The van der Waals surface area contributed by atoms with Gasteiger partial charge in [-0.3, -0.25) is 0 Å². The van der Waals surface area contributed by atoms with Gasteiger partial charge in [0.1, 0.15) is 12.4 Å². The van der Waals surface area contributed by atoms with Crippen LogP contribution in [0.3, 0.4) is 0 Å². The van der Waals surface area contributed by atoms with Crippen LogP contribution in [0.25, 0.3) is 0 Å². The SMILES string of the molecule is Cc1noc(CNCCOc2ccc(C(N)=NO)cc2)n1. The number of hydrogen-bond acceptors (Lipinski definition) is 7. The second kappa shape index (κ2) is 7.25. The molecule has 0 fully saturated rings. The molecule has 21 heavy (non-hydrogen) atoms. The van der Waals surface area contributed by atoms with E-state index in [0.717, 1.165) is 0 Å². The monoisotopic (exact) mass is 291 g/mol. The molecule has 1 aromatic heterocycles. The van der Waals surface area contributed by atoms with Crippen molar-refractivity contribution in [1.29, 1.82) is 0 Å². The molecule has 0 unspecified atom stereocenters. The number of aryl methyl sites for hydroxylation is 1. The van der Waals surface area contributed by atoms with Crippen molar-refractivity contribution >= 4 is 5.84 Å². The van der Waals surface area contributed by atoms with Crippen molar-refractivity contribution in [1.82, 2.24) is 15.5 Å². The predicted octanol–water partition coefficient (Wildman–Crippen LogP) is 0.641. The number of nitrogens with zero attached hydrogens (tertiary/aromatic N) is 3. The number of amidine groups is 1. The van der Waals surface area contributed by atoms with E-state index in [4.69, 9.17) is 20.2 Å². The molecule has 0 aliphatic rings. The lowest BCUT2D eigenvalue weighted by atomic mass is 10.2. The fourth-order valence-corrected chi connectivity index (χ4v) is 1.63. The number of aromatic nitrogens is 2. The molecule has 0 saturated heterocycles. The van der Waals surface area contributed by atoms with E-state index in [0.29, 0.717) is 42.7 Å². The maximum Gasteiger partial charge on any atom is 0.240 e. The Balaban J connectivity index is 1.69. The normalized spacial score (nSPS) is 11.6. The first kappa shape index (κ1) is 14.8. The zero-order valence-corrected chi connectivity index (χ0v) is 11.6. The van der Waals surface area contributed by atoms with Crippen LogP contribution in [0.4, 0.5) is 0 Å². The van der Waals surface area contributed by atoms with E-state index in [1.807, 2.05) is 0 Å². The van der Waals surface area contributed by atoms with Gasteiger partial charge in [0.2, 0.25) is 5.89 Å². The molecule has 0 aliphatic heterocycles. The largest absolute Gasteiger partial charge is 0.492 e. The molecule has 0 atom stereocenters. The fraction of sp³-hybridized carbons (Fsp3) is 0.308. The topological polar surface area (TPSA) is 119 Å². The molecular weight excluding hydrogens is 274 g/mol. The Morgan fingerprint density at radius 1 is 1.43 bits per heavy atom. The van der Waals surface area contributed by atoms with Crippen LogP contribution in [0, 0.1) is 6.92 Å². The quantitative estimate of drug-likeness (QED) is 0.225. The number of ether oxygens (including phenoxy) is 1. The van der Waals surface area contributed by atoms with Gasteiger partial charge in [-0.1, -0.05) is 10.3 Å². The average Bonchev–Trinajstić information content (AvgIpc) is 2.92. The highest BCUT2D eigenvalue weighted by atomic mass is 16.5. The van der Waals surface area contributed by atoms with Crippen molar-refractivity contribution in [2.24, 2.45) is 10.9 Å². The standard InChI is InChI=1S/C13H17N5O3/c1-9-16-12(21-18-9)8-15-6-7-20-11-4-2-10(3-5-11)13(14)17-19/h2-5,15,19H,6-8H2,1H3,(H2,14,17). The minimum absolute atomic E-state index is 0.0677. The van der Waals surface area contributed by atoms with Crippen LogP contribution in [0.2, 0.25) is 0 Å². The third-order valence-electron chi connectivity index (χ3n) is 2.65. The molecular formula is C13H17N5O3. The van der Waals surface area contributed by atoms with Gasteiger partial charge in [-0.05, 0) is 31.2 Å². The van der Waals surface area contributed by atoms with Crippen LogP contribution >= 0.6 is 0 Å². The average molecular weight is 291 g/mol. The molecule has 112 valence electrons. The van der Waals surface area contributed by atoms with Gasteiger partial charge in [0.05, 0.1) is 6.54 Å². The molecule has 0 spiro atoms. The lowest BCUT2D eigenvalue weighted by Gasteiger charge is -2.07. The molecule has 1 heterocycles. The Labute approximate surface area is 121 Å². The minimum Gasteiger partial charge on any atom is -0.492 e. The Bertz CT molecular complexity index is 594. The van der Waals surface area contributed by atoms with Gasteiger partial charge in [0.25, 0.3) is 0 Å². The molecule has 0 amide bonds. The number of nitrogens with one attached hydrogen (secondary N) is 1. The maximum absolute atomic E-state index is 8.56. The Kier molecular flexibility index (Phi) is 5.10. The number of oxime groups is 1. The van der Waals surface area contributed by atoms with Gasteiger partial charge in [0, 0.05) is 12.1 Å². The van der Waals surface area contributed by atoms with E-state index in [2.05, 4.69) is 20.6 Å². The summed E-state index contributed by atoms with van der Waals surface area (Å²) in [5.74, 6) is 1.95. The number of nitrogens with two attached hydrogens (primary N) is 1. The molecule has 0 aliphatic carbocycles. The van der Waals surface area contributed by atoms with Gasteiger partial charge in [-0.25, -0.2) is 0 Å². The second-order valence-electron chi connectivity index (χ2n) is 4.27. The van der Waals surface area contributed by atoms with E-state index in [1.54, 1.807) is 31.2 Å². The van der Waals surface area contributed by atoms with Gasteiger partial charge in [-0.2, -0.15) is 4.98 Å². The van der Waals surface area contributed by atoms with Crippen LogP contribution in [0.15, 0.2) is 33.9 Å². The van der Waals surface area contributed by atoms with Crippen molar-refractivity contribution in [2.45, 2.75) is 13.5 Å². The highest BCUT2D eigenvalue weighted by Gasteiger charge is 2.02. The van der Waals surface area contributed by atoms with Crippen LogP contribution in [0.5, 0.6) is 5.75 Å². The molecule has 8 nitrogen and oxygen atoms in total. The van der Waals surface area contributed by atoms with Crippen molar-refractivity contribution in [3.63, 3.8) is 0 Å². The summed E-state index contributed by atoms with van der Waals surface area (Å²) in [6, 6.07) is 6.96.